The molecule has 8 heteroatoms. The Hall–Kier alpha value is -3.69. The van der Waals surface area contributed by atoms with Gasteiger partial charge in [-0.05, 0) is 66.2 Å². The number of nitrogens with zero attached hydrogens (tertiary/aromatic N) is 2. The lowest BCUT2D eigenvalue weighted by molar-refractivity contribution is -0.114. The van der Waals surface area contributed by atoms with Crippen LogP contribution in [-0.2, 0) is 21.3 Å². The SMILES string of the molecule is O=S(=O)(c1ccc(Oc2ccccc2)cc1)N1CCC2(CC1)OCCN2Cc1ccc(Oc2ccccc2)cc1. The van der Waals surface area contributed by atoms with Crippen molar-refractivity contribution in [2.24, 2.45) is 0 Å². The van der Waals surface area contributed by atoms with Crippen molar-refractivity contribution in [2.75, 3.05) is 26.2 Å². The van der Waals surface area contributed by atoms with E-state index in [2.05, 4.69) is 17.0 Å². The average Bonchev–Trinajstić information content (AvgIpc) is 3.36. The molecule has 0 N–H and O–H groups in total. The van der Waals surface area contributed by atoms with E-state index in [1.165, 1.54) is 0 Å². The fraction of sp³-hybridized carbons (Fsp3) is 0.250. The van der Waals surface area contributed by atoms with Gasteiger partial charge in [0, 0.05) is 39.0 Å². The largest absolute Gasteiger partial charge is 0.457 e. The molecule has 0 atom stereocenters. The maximum Gasteiger partial charge on any atom is 0.243 e. The highest BCUT2D eigenvalue weighted by Gasteiger charge is 2.46. The molecule has 2 fully saturated rings. The molecule has 1 spiro atoms. The summed E-state index contributed by atoms with van der Waals surface area (Å²) in [6.45, 7) is 3.01. The predicted octanol–water partition coefficient (Wildman–Crippen LogP) is 6.28. The minimum absolute atomic E-state index is 0.269. The molecule has 4 aromatic rings. The Bertz CT molecular complexity index is 1500. The molecule has 0 amide bonds. The molecule has 2 heterocycles. The van der Waals surface area contributed by atoms with E-state index in [1.807, 2.05) is 72.8 Å². The number of piperidine rings is 1. The van der Waals surface area contributed by atoms with Crippen molar-refractivity contribution in [3.05, 3.63) is 115 Å². The molecule has 0 radical (unpaired) electrons. The lowest BCUT2D eigenvalue weighted by Crippen LogP contribution is -2.53. The van der Waals surface area contributed by atoms with E-state index in [4.69, 9.17) is 14.2 Å². The Morgan fingerprint density at radius 1 is 0.650 bits per heavy atom. The van der Waals surface area contributed by atoms with Crippen molar-refractivity contribution in [1.82, 2.24) is 9.21 Å². The zero-order chi connectivity index (χ0) is 27.4. The molecule has 4 aromatic carbocycles. The van der Waals surface area contributed by atoms with Crippen LogP contribution >= 0.6 is 0 Å². The number of para-hydroxylation sites is 2. The minimum Gasteiger partial charge on any atom is -0.457 e. The van der Waals surface area contributed by atoms with Crippen molar-refractivity contribution >= 4 is 10.0 Å². The summed E-state index contributed by atoms with van der Waals surface area (Å²) in [5.74, 6) is 2.90. The average molecular weight is 557 g/mol. The van der Waals surface area contributed by atoms with Gasteiger partial charge in [-0.3, -0.25) is 4.90 Å². The van der Waals surface area contributed by atoms with E-state index in [0.29, 0.717) is 44.0 Å². The molecule has 0 bridgehead atoms. The Morgan fingerprint density at radius 2 is 1.15 bits per heavy atom. The lowest BCUT2D eigenvalue weighted by atomic mass is 9.99. The minimum atomic E-state index is -3.62. The molecule has 40 heavy (non-hydrogen) atoms. The Kier molecular flexibility index (Phi) is 7.58. The van der Waals surface area contributed by atoms with E-state index < -0.39 is 15.7 Å². The quantitative estimate of drug-likeness (QED) is 0.254. The summed E-state index contributed by atoms with van der Waals surface area (Å²) in [4.78, 5) is 2.62. The topological polar surface area (TPSA) is 68.3 Å². The molecule has 2 aliphatic rings. The molecule has 2 aliphatic heterocycles. The van der Waals surface area contributed by atoms with Crippen molar-refractivity contribution in [1.29, 1.82) is 0 Å². The maximum atomic E-state index is 13.4. The van der Waals surface area contributed by atoms with Crippen LogP contribution in [0.5, 0.6) is 23.0 Å². The lowest BCUT2D eigenvalue weighted by Gasteiger charge is -2.43. The smallest absolute Gasteiger partial charge is 0.243 e. The van der Waals surface area contributed by atoms with Gasteiger partial charge in [0.05, 0.1) is 11.5 Å². The van der Waals surface area contributed by atoms with Crippen LogP contribution in [0, 0.1) is 0 Å². The number of benzene rings is 4. The van der Waals surface area contributed by atoms with Crippen LogP contribution in [0.4, 0.5) is 0 Å². The second kappa shape index (κ2) is 11.4. The summed E-state index contributed by atoms with van der Waals surface area (Å²) in [6.07, 6.45) is 1.24. The monoisotopic (exact) mass is 556 g/mol. The van der Waals surface area contributed by atoms with Gasteiger partial charge in [-0.25, -0.2) is 8.42 Å². The van der Waals surface area contributed by atoms with Crippen LogP contribution < -0.4 is 9.47 Å². The molecular formula is C32H32N2O5S. The summed E-state index contributed by atoms with van der Waals surface area (Å²) in [7, 11) is -3.62. The second-order valence-electron chi connectivity index (χ2n) is 10.1. The molecule has 206 valence electrons. The molecule has 0 saturated carbocycles. The standard InChI is InChI=1S/C32H32N2O5S/c35-40(36,31-17-15-30(16-18-31)39-28-9-5-2-6-10-28)34-21-19-32(20-22-34)33(23-24-37-32)25-26-11-13-29(14-12-26)38-27-7-3-1-4-8-27/h1-18H,19-25H2. The highest BCUT2D eigenvalue weighted by atomic mass is 32.2. The van der Waals surface area contributed by atoms with Crippen molar-refractivity contribution in [3.8, 4) is 23.0 Å². The van der Waals surface area contributed by atoms with E-state index >= 15 is 0 Å². The Balaban J connectivity index is 1.07. The van der Waals surface area contributed by atoms with Crippen LogP contribution in [0.1, 0.15) is 18.4 Å². The fourth-order valence-corrected chi connectivity index (χ4v) is 6.80. The van der Waals surface area contributed by atoms with Crippen LogP contribution in [-0.4, -0.2) is 49.6 Å². The third-order valence-electron chi connectivity index (χ3n) is 7.53. The van der Waals surface area contributed by atoms with Crippen molar-refractivity contribution in [2.45, 2.75) is 30.0 Å². The van der Waals surface area contributed by atoms with Gasteiger partial charge in [-0.1, -0.05) is 48.5 Å². The van der Waals surface area contributed by atoms with Crippen LogP contribution in [0.25, 0.3) is 0 Å². The molecule has 7 nitrogen and oxygen atoms in total. The van der Waals surface area contributed by atoms with Gasteiger partial charge in [0.15, 0.2) is 0 Å². The summed E-state index contributed by atoms with van der Waals surface area (Å²) in [6, 6.07) is 33.9. The highest BCUT2D eigenvalue weighted by Crippen LogP contribution is 2.37. The highest BCUT2D eigenvalue weighted by molar-refractivity contribution is 7.89. The van der Waals surface area contributed by atoms with Crippen LogP contribution in [0.2, 0.25) is 0 Å². The first-order valence-corrected chi connectivity index (χ1v) is 15.0. The Morgan fingerprint density at radius 3 is 1.70 bits per heavy atom. The zero-order valence-corrected chi connectivity index (χ0v) is 23.0. The van der Waals surface area contributed by atoms with Gasteiger partial charge in [-0.15, -0.1) is 0 Å². The number of hydrogen-bond donors (Lipinski definition) is 0. The molecule has 2 saturated heterocycles. The summed E-state index contributed by atoms with van der Waals surface area (Å²) in [5.41, 5.74) is 0.719. The molecule has 0 unspecified atom stereocenters. The number of hydrogen-bond acceptors (Lipinski definition) is 6. The molecule has 0 aromatic heterocycles. The van der Waals surface area contributed by atoms with Crippen molar-refractivity contribution < 1.29 is 22.6 Å². The van der Waals surface area contributed by atoms with E-state index in [-0.39, 0.29) is 4.90 Å². The maximum absolute atomic E-state index is 13.4. The first-order chi connectivity index (χ1) is 19.5. The van der Waals surface area contributed by atoms with Gasteiger partial charge in [0.2, 0.25) is 10.0 Å². The van der Waals surface area contributed by atoms with Crippen LogP contribution in [0.15, 0.2) is 114 Å². The van der Waals surface area contributed by atoms with Gasteiger partial charge in [0.1, 0.15) is 28.7 Å². The summed E-state index contributed by atoms with van der Waals surface area (Å²) in [5, 5.41) is 0. The first-order valence-electron chi connectivity index (χ1n) is 13.5. The van der Waals surface area contributed by atoms with E-state index in [9.17, 15) is 8.42 Å². The summed E-state index contributed by atoms with van der Waals surface area (Å²) >= 11 is 0. The fourth-order valence-electron chi connectivity index (χ4n) is 5.36. The zero-order valence-electron chi connectivity index (χ0n) is 22.2. The molecule has 6 rings (SSSR count). The molecular weight excluding hydrogens is 524 g/mol. The van der Waals surface area contributed by atoms with E-state index in [1.54, 1.807) is 28.6 Å². The van der Waals surface area contributed by atoms with Gasteiger partial charge >= 0.3 is 0 Å². The third-order valence-corrected chi connectivity index (χ3v) is 9.44. The van der Waals surface area contributed by atoms with Gasteiger partial charge in [-0.2, -0.15) is 4.31 Å². The third kappa shape index (κ3) is 5.76. The van der Waals surface area contributed by atoms with Gasteiger partial charge < -0.3 is 14.2 Å². The molecule has 0 aliphatic carbocycles. The summed E-state index contributed by atoms with van der Waals surface area (Å²) < 4.78 is 46.4. The number of sulfonamides is 1. The normalized spacial score (nSPS) is 17.6. The number of rotatable bonds is 8. The Labute approximate surface area is 235 Å². The van der Waals surface area contributed by atoms with E-state index in [0.717, 1.165) is 30.2 Å². The number of ether oxygens (including phenoxy) is 3. The predicted molar refractivity (Wildman–Crippen MR) is 153 cm³/mol. The van der Waals surface area contributed by atoms with Gasteiger partial charge in [0.25, 0.3) is 0 Å². The first kappa shape index (κ1) is 26.5. The second-order valence-corrected chi connectivity index (χ2v) is 12.0. The van der Waals surface area contributed by atoms with Crippen molar-refractivity contribution in [3.63, 3.8) is 0 Å². The van der Waals surface area contributed by atoms with Crippen LogP contribution in [0.3, 0.4) is 0 Å².